The van der Waals surface area contributed by atoms with Crippen LogP contribution < -0.4 is 39.4 Å². The van der Waals surface area contributed by atoms with Crippen molar-refractivity contribution in [2.45, 2.75) is 12.8 Å². The summed E-state index contributed by atoms with van der Waals surface area (Å²) in [6.45, 7) is 7.68. The molecule has 2 aliphatic heterocycles. The molecule has 0 bridgehead atoms. The third kappa shape index (κ3) is 11.6. The van der Waals surface area contributed by atoms with Crippen LogP contribution in [0.1, 0.15) is 33.6 Å². The van der Waals surface area contributed by atoms with E-state index in [1.54, 1.807) is 30.3 Å². The van der Waals surface area contributed by atoms with Crippen molar-refractivity contribution >= 4 is 45.6 Å². The fourth-order valence-corrected chi connectivity index (χ4v) is 7.00. The molecule has 4 heterocycles. The molecule has 0 radical (unpaired) electrons. The molecule has 0 aliphatic carbocycles. The molecular weight excluding hydrogens is 760 g/mol. The summed E-state index contributed by atoms with van der Waals surface area (Å²) in [6.07, 6.45) is 2.13. The molecule has 2 aromatic heterocycles. The normalized spacial score (nSPS) is 14.6. The number of carboxylic acids is 1. The number of carbonyl (C=O) groups excluding carboxylic acids is 1. The first-order chi connectivity index (χ1) is 27.8. The number of hydrogen-bond donors (Lipinski definition) is 2. The molecule has 8 rings (SSSR count). The number of rotatable bonds is 6. The Hall–Kier alpha value is -5.06. The first kappa shape index (κ1) is 46.6. The molecule has 304 valence electrons. The van der Waals surface area contributed by atoms with E-state index in [2.05, 4.69) is 45.8 Å². The first-order valence-corrected chi connectivity index (χ1v) is 19.1. The van der Waals surface area contributed by atoms with Crippen LogP contribution in [0.25, 0.3) is 44.6 Å². The van der Waals surface area contributed by atoms with E-state index >= 15 is 0 Å². The van der Waals surface area contributed by atoms with Gasteiger partial charge in [-0.2, -0.15) is 0 Å². The molecule has 15 heteroatoms. The Balaban J connectivity index is 0.000000242. The summed E-state index contributed by atoms with van der Waals surface area (Å²) in [6, 6.07) is 30.4. The van der Waals surface area contributed by atoms with Crippen molar-refractivity contribution < 1.29 is 59.6 Å². The van der Waals surface area contributed by atoms with Crippen LogP contribution in [-0.2, 0) is 4.74 Å². The molecule has 6 aromatic rings. The third-order valence-electron chi connectivity index (χ3n) is 10.1. The van der Waals surface area contributed by atoms with Gasteiger partial charge < -0.3 is 40.0 Å². The van der Waals surface area contributed by atoms with E-state index in [4.69, 9.17) is 29.8 Å². The number of likely N-dealkylation sites (N-methyl/N-ethyl adjacent to an activating group) is 2. The average molecular weight is 811 g/mol. The van der Waals surface area contributed by atoms with Gasteiger partial charge in [0.1, 0.15) is 11.4 Å². The van der Waals surface area contributed by atoms with E-state index in [9.17, 15) is 14.7 Å². The Bertz CT molecular complexity index is 2300. The number of fused-ring (bicyclic) bond motifs is 2. The number of esters is 1. The zero-order valence-electron chi connectivity index (χ0n) is 34.5. The van der Waals surface area contributed by atoms with Crippen molar-refractivity contribution in [2.75, 3.05) is 90.5 Å². The van der Waals surface area contributed by atoms with E-state index in [1.807, 2.05) is 54.6 Å². The van der Waals surface area contributed by atoms with E-state index in [-0.39, 0.29) is 46.6 Å². The maximum atomic E-state index is 11.9. The van der Waals surface area contributed by atoms with Crippen LogP contribution in [0.4, 0.5) is 11.6 Å². The van der Waals surface area contributed by atoms with Gasteiger partial charge in [-0.05, 0) is 76.4 Å². The number of nitrogens with zero attached hydrogens (tertiary/aromatic N) is 8. The van der Waals surface area contributed by atoms with E-state index < -0.39 is 5.97 Å². The van der Waals surface area contributed by atoms with Crippen molar-refractivity contribution in [3.05, 3.63) is 108 Å². The van der Waals surface area contributed by atoms with Gasteiger partial charge in [0.15, 0.2) is 11.6 Å². The van der Waals surface area contributed by atoms with E-state index in [1.165, 1.54) is 7.11 Å². The van der Waals surface area contributed by atoms with Crippen LogP contribution in [0.15, 0.2) is 97.1 Å². The van der Waals surface area contributed by atoms with Crippen LogP contribution >= 0.6 is 0 Å². The maximum Gasteiger partial charge on any atom is 1.00 e. The quantitative estimate of drug-likeness (QED) is 0.185. The van der Waals surface area contributed by atoms with Crippen LogP contribution in [0.2, 0.25) is 0 Å². The Morgan fingerprint density at radius 3 is 1.41 bits per heavy atom. The second-order valence-electron chi connectivity index (χ2n) is 14.0. The Morgan fingerprint density at radius 2 is 0.983 bits per heavy atom. The summed E-state index contributed by atoms with van der Waals surface area (Å²) in [5.41, 5.74) is 7.28. The molecule has 2 fully saturated rings. The topological polar surface area (TPSA) is 178 Å². The number of aliphatic hydroxyl groups excluding tert-OH is 1. The number of benzene rings is 4. The van der Waals surface area contributed by atoms with Crippen molar-refractivity contribution in [1.82, 2.24) is 29.7 Å². The van der Waals surface area contributed by atoms with Crippen LogP contribution in [-0.4, -0.2) is 138 Å². The average Bonchev–Trinajstić information content (AvgIpc) is 3.62. The van der Waals surface area contributed by atoms with Crippen molar-refractivity contribution in [3.63, 3.8) is 0 Å². The molecule has 2 aliphatic rings. The van der Waals surface area contributed by atoms with Gasteiger partial charge in [0.25, 0.3) is 0 Å². The fourth-order valence-electron chi connectivity index (χ4n) is 7.00. The van der Waals surface area contributed by atoms with Gasteiger partial charge in [0.2, 0.25) is 0 Å². The van der Waals surface area contributed by atoms with Crippen LogP contribution in [0.3, 0.4) is 0 Å². The number of hydrogen-bond acceptors (Lipinski definition) is 13. The second kappa shape index (κ2) is 22.3. The van der Waals surface area contributed by atoms with Crippen molar-refractivity contribution in [1.29, 1.82) is 0 Å². The molecule has 0 spiro atoms. The number of carboxylic acid groups (broad SMARTS) is 1. The molecule has 0 saturated carbocycles. The standard InChI is InChI=1S/C22H24N4O2.C21H22N4O2.CH4O.Na.H2O/c1-25-11-6-12-26(14-13-25)21-20(16-7-4-3-5-8-16)23-18-10-9-17(22(27)28-2)15-19(18)24-21;1-24-10-5-11-25(13-12-24)20-19(15-6-3-2-4-7-15)22-17-9-8-16(21(26)27)14-18(17)23-20;1-2;;/h3-5,7-10,15H,6,11-14H2,1-2H3;2-4,6-9,14H,5,10-13H2,1H3,(H,26,27);2H,1H3;;1H2/q;;;+1;/p-1. The zero-order chi connectivity index (χ0) is 40.3. The Kier molecular flexibility index (Phi) is 17.7. The number of carbonyl (C=O) groups is 2. The molecule has 14 nitrogen and oxygen atoms in total. The van der Waals surface area contributed by atoms with E-state index in [0.717, 1.165) is 112 Å². The SMILES string of the molecule is CN1CCCN(c2nc3cc(C(=O)O)ccc3nc2-c2ccccc2)CC1.CO.COC(=O)c1ccc2nc(-c3ccccc3)c(N3CCCN(C)CC3)nc2c1.[Na+].[OH-]. The summed E-state index contributed by atoms with van der Waals surface area (Å²) in [7, 11) is 6.67. The summed E-state index contributed by atoms with van der Waals surface area (Å²) in [4.78, 5) is 52.1. The van der Waals surface area contributed by atoms with Gasteiger partial charge in [-0.1, -0.05) is 60.7 Å². The molecule has 0 amide bonds. The van der Waals surface area contributed by atoms with Crippen LogP contribution in [0, 0.1) is 0 Å². The number of aliphatic hydroxyl groups is 1. The molecule has 59 heavy (non-hydrogen) atoms. The van der Waals surface area contributed by atoms with Crippen LogP contribution in [0.5, 0.6) is 0 Å². The summed E-state index contributed by atoms with van der Waals surface area (Å²) in [5.74, 6) is 0.375. The molecular formula is C44H51N8NaO6. The minimum Gasteiger partial charge on any atom is -0.870 e. The summed E-state index contributed by atoms with van der Waals surface area (Å²) in [5, 5.41) is 16.3. The van der Waals surface area contributed by atoms with Gasteiger partial charge in [0, 0.05) is 57.5 Å². The number of aromatic nitrogens is 4. The van der Waals surface area contributed by atoms with Crippen molar-refractivity contribution in [3.8, 4) is 22.5 Å². The minimum absolute atomic E-state index is 0. The molecule has 0 unspecified atom stereocenters. The summed E-state index contributed by atoms with van der Waals surface area (Å²) >= 11 is 0. The van der Waals surface area contributed by atoms with E-state index in [0.29, 0.717) is 22.1 Å². The molecule has 0 atom stereocenters. The number of methoxy groups -OCH3 is 1. The monoisotopic (exact) mass is 810 g/mol. The second-order valence-corrected chi connectivity index (χ2v) is 14.0. The fraction of sp³-hybridized carbons (Fsp3) is 0.318. The zero-order valence-corrected chi connectivity index (χ0v) is 36.5. The van der Waals surface area contributed by atoms with Gasteiger partial charge in [-0.15, -0.1) is 0 Å². The summed E-state index contributed by atoms with van der Waals surface area (Å²) < 4.78 is 4.85. The number of ether oxygens (including phenoxy) is 1. The van der Waals surface area contributed by atoms with Gasteiger partial charge in [-0.3, -0.25) is 0 Å². The van der Waals surface area contributed by atoms with Gasteiger partial charge in [-0.25, -0.2) is 29.5 Å². The predicted molar refractivity (Wildman–Crippen MR) is 227 cm³/mol. The Labute approximate surface area is 367 Å². The molecule has 3 N–H and O–H groups in total. The minimum atomic E-state index is -0.955. The smallest absolute Gasteiger partial charge is 0.870 e. The number of anilines is 2. The third-order valence-corrected chi connectivity index (χ3v) is 10.1. The number of aromatic carboxylic acids is 1. The maximum absolute atomic E-state index is 11.9. The Morgan fingerprint density at radius 1 is 0.559 bits per heavy atom. The first-order valence-electron chi connectivity index (χ1n) is 19.1. The van der Waals surface area contributed by atoms with Gasteiger partial charge in [0.05, 0.1) is 40.3 Å². The van der Waals surface area contributed by atoms with Crippen molar-refractivity contribution in [2.24, 2.45) is 0 Å². The molecule has 2 saturated heterocycles. The molecule has 4 aromatic carbocycles. The predicted octanol–water partition coefficient (Wildman–Crippen LogP) is 2.80. The van der Waals surface area contributed by atoms with Gasteiger partial charge >= 0.3 is 41.5 Å². The largest absolute Gasteiger partial charge is 1.00 e.